The molecule has 0 spiro atoms. The Kier molecular flexibility index (Phi) is 5.28. The number of nitrogens with one attached hydrogen (secondary N) is 1. The van der Waals surface area contributed by atoms with E-state index in [0.717, 1.165) is 25.5 Å². The molecule has 9 heteroatoms. The van der Waals surface area contributed by atoms with E-state index in [1.807, 2.05) is 0 Å². The smallest absolute Gasteiger partial charge is 0.299 e. The van der Waals surface area contributed by atoms with Crippen LogP contribution in [-0.4, -0.2) is 29.2 Å². The van der Waals surface area contributed by atoms with Gasteiger partial charge < -0.3 is 14.8 Å². The summed E-state index contributed by atoms with van der Waals surface area (Å²) in [6.45, 7) is 1.12. The molecule has 0 amide bonds. The average Bonchev–Trinajstić information content (AvgIpc) is 3.14. The lowest BCUT2D eigenvalue weighted by molar-refractivity contribution is -0.393. The number of benzene rings is 2. The number of hydrogen-bond donors (Lipinski definition) is 1. The zero-order valence-corrected chi connectivity index (χ0v) is 13.8. The lowest BCUT2D eigenvalue weighted by atomic mass is 10.2. The van der Waals surface area contributed by atoms with Crippen LogP contribution in [0.25, 0.3) is 0 Å². The van der Waals surface area contributed by atoms with Crippen LogP contribution in [0.5, 0.6) is 5.75 Å². The first-order valence-electron chi connectivity index (χ1n) is 8.08. The SMILES string of the molecule is O=[N+]([O-])c1ccc(Nc2ccccc2OCC2CCCO2)c([N+](=O)[O-])c1. The van der Waals surface area contributed by atoms with Crippen molar-refractivity contribution in [3.05, 3.63) is 62.7 Å². The largest absolute Gasteiger partial charge is 0.489 e. The molecule has 1 heterocycles. The van der Waals surface area contributed by atoms with Gasteiger partial charge in [-0.25, -0.2) is 0 Å². The molecule has 1 unspecified atom stereocenters. The zero-order valence-electron chi connectivity index (χ0n) is 13.8. The summed E-state index contributed by atoms with van der Waals surface area (Å²) in [4.78, 5) is 20.8. The Morgan fingerprint density at radius 1 is 1.12 bits per heavy atom. The fraction of sp³-hybridized carbons (Fsp3) is 0.294. The van der Waals surface area contributed by atoms with E-state index in [9.17, 15) is 20.2 Å². The van der Waals surface area contributed by atoms with Crippen LogP contribution < -0.4 is 10.1 Å². The minimum atomic E-state index is -0.671. The number of ether oxygens (including phenoxy) is 2. The van der Waals surface area contributed by atoms with Crippen molar-refractivity contribution in [2.75, 3.05) is 18.5 Å². The van der Waals surface area contributed by atoms with Crippen LogP contribution >= 0.6 is 0 Å². The van der Waals surface area contributed by atoms with E-state index < -0.39 is 9.85 Å². The highest BCUT2D eigenvalue weighted by atomic mass is 16.6. The summed E-state index contributed by atoms with van der Waals surface area (Å²) in [5.74, 6) is 0.524. The van der Waals surface area contributed by atoms with Crippen molar-refractivity contribution in [1.82, 2.24) is 0 Å². The standard InChI is InChI=1S/C17H17N3O6/c21-19(22)12-7-8-14(16(10-12)20(23)24)18-15-5-1-2-6-17(15)26-11-13-4-3-9-25-13/h1-2,5-8,10,13,18H,3-4,9,11H2. The maximum atomic E-state index is 11.3. The van der Waals surface area contributed by atoms with Gasteiger partial charge in [-0.3, -0.25) is 20.2 Å². The van der Waals surface area contributed by atoms with E-state index >= 15 is 0 Å². The van der Waals surface area contributed by atoms with E-state index in [4.69, 9.17) is 9.47 Å². The first-order chi connectivity index (χ1) is 12.5. The third kappa shape index (κ3) is 4.06. The molecule has 0 aliphatic carbocycles. The van der Waals surface area contributed by atoms with Crippen LogP contribution in [0.4, 0.5) is 22.7 Å². The van der Waals surface area contributed by atoms with Gasteiger partial charge in [0.1, 0.15) is 18.0 Å². The lowest BCUT2D eigenvalue weighted by Crippen LogP contribution is -2.16. The molecule has 2 aromatic carbocycles. The maximum absolute atomic E-state index is 11.3. The topological polar surface area (TPSA) is 117 Å². The van der Waals surface area contributed by atoms with Crippen LogP contribution in [0.2, 0.25) is 0 Å². The molecule has 2 aromatic rings. The second-order valence-corrected chi connectivity index (χ2v) is 5.78. The molecular weight excluding hydrogens is 342 g/mol. The predicted molar refractivity (Wildman–Crippen MR) is 93.9 cm³/mol. The van der Waals surface area contributed by atoms with Gasteiger partial charge in [-0.05, 0) is 31.0 Å². The van der Waals surface area contributed by atoms with Crippen LogP contribution in [0, 0.1) is 20.2 Å². The van der Waals surface area contributed by atoms with Crippen molar-refractivity contribution < 1.29 is 19.3 Å². The Morgan fingerprint density at radius 3 is 2.62 bits per heavy atom. The summed E-state index contributed by atoms with van der Waals surface area (Å²) in [5.41, 5.74) is -0.0467. The van der Waals surface area contributed by atoms with Gasteiger partial charge in [-0.1, -0.05) is 12.1 Å². The van der Waals surface area contributed by atoms with Gasteiger partial charge in [-0.2, -0.15) is 0 Å². The molecule has 0 aromatic heterocycles. The molecule has 136 valence electrons. The van der Waals surface area contributed by atoms with Crippen molar-refractivity contribution in [3.63, 3.8) is 0 Å². The molecule has 1 N–H and O–H groups in total. The first kappa shape index (κ1) is 17.6. The maximum Gasteiger partial charge on any atom is 0.299 e. The second kappa shape index (κ2) is 7.79. The highest BCUT2D eigenvalue weighted by Gasteiger charge is 2.21. The van der Waals surface area contributed by atoms with E-state index in [2.05, 4.69) is 5.32 Å². The Balaban J connectivity index is 1.82. The van der Waals surface area contributed by atoms with Gasteiger partial charge in [-0.15, -0.1) is 0 Å². The molecule has 1 aliphatic rings. The van der Waals surface area contributed by atoms with Gasteiger partial charge >= 0.3 is 0 Å². The number of anilines is 2. The van der Waals surface area contributed by atoms with Gasteiger partial charge in [0, 0.05) is 12.7 Å². The number of para-hydroxylation sites is 2. The number of nitro groups is 2. The number of rotatable bonds is 7. The number of hydrogen-bond acceptors (Lipinski definition) is 7. The van der Waals surface area contributed by atoms with Crippen molar-refractivity contribution in [1.29, 1.82) is 0 Å². The fourth-order valence-corrected chi connectivity index (χ4v) is 2.69. The number of non-ortho nitro benzene ring substituents is 1. The fourth-order valence-electron chi connectivity index (χ4n) is 2.69. The molecule has 3 rings (SSSR count). The summed E-state index contributed by atoms with van der Waals surface area (Å²) in [5, 5.41) is 25.0. The normalized spacial score (nSPS) is 16.2. The quantitative estimate of drug-likeness (QED) is 0.590. The van der Waals surface area contributed by atoms with Gasteiger partial charge in [0.15, 0.2) is 0 Å². The van der Waals surface area contributed by atoms with E-state index in [0.29, 0.717) is 18.0 Å². The van der Waals surface area contributed by atoms with Crippen LogP contribution in [0.15, 0.2) is 42.5 Å². The summed E-state index contributed by atoms with van der Waals surface area (Å²) >= 11 is 0. The van der Waals surface area contributed by atoms with Crippen LogP contribution in [-0.2, 0) is 4.74 Å². The molecule has 0 radical (unpaired) electrons. The molecular formula is C17H17N3O6. The van der Waals surface area contributed by atoms with Crippen LogP contribution in [0.3, 0.4) is 0 Å². The van der Waals surface area contributed by atoms with Gasteiger partial charge in [0.2, 0.25) is 0 Å². The Hall–Kier alpha value is -3.20. The van der Waals surface area contributed by atoms with E-state index in [1.54, 1.807) is 24.3 Å². The Bertz CT molecular complexity index is 820. The van der Waals surface area contributed by atoms with Crippen molar-refractivity contribution >= 4 is 22.7 Å². The average molecular weight is 359 g/mol. The molecule has 26 heavy (non-hydrogen) atoms. The Morgan fingerprint density at radius 2 is 1.92 bits per heavy atom. The third-order valence-electron chi connectivity index (χ3n) is 3.99. The molecule has 9 nitrogen and oxygen atoms in total. The zero-order chi connectivity index (χ0) is 18.5. The molecule has 1 atom stereocenters. The summed E-state index contributed by atoms with van der Waals surface area (Å²) in [6.07, 6.45) is 1.98. The van der Waals surface area contributed by atoms with Crippen molar-refractivity contribution in [2.24, 2.45) is 0 Å². The number of nitro benzene ring substituents is 2. The minimum absolute atomic E-state index is 0.0387. The lowest BCUT2D eigenvalue weighted by Gasteiger charge is -2.15. The minimum Gasteiger partial charge on any atom is -0.489 e. The third-order valence-corrected chi connectivity index (χ3v) is 3.99. The summed E-state index contributed by atoms with van der Waals surface area (Å²) in [7, 11) is 0. The second-order valence-electron chi connectivity index (χ2n) is 5.78. The molecule has 1 saturated heterocycles. The highest BCUT2D eigenvalue weighted by molar-refractivity contribution is 5.74. The van der Waals surface area contributed by atoms with Crippen molar-refractivity contribution in [2.45, 2.75) is 18.9 Å². The highest BCUT2D eigenvalue weighted by Crippen LogP contribution is 2.34. The van der Waals surface area contributed by atoms with Crippen molar-refractivity contribution in [3.8, 4) is 5.75 Å². The first-order valence-corrected chi connectivity index (χ1v) is 8.08. The molecule has 0 bridgehead atoms. The van der Waals surface area contributed by atoms with Gasteiger partial charge in [0.05, 0.1) is 27.7 Å². The van der Waals surface area contributed by atoms with E-state index in [1.165, 1.54) is 12.1 Å². The predicted octanol–water partition coefficient (Wildman–Crippen LogP) is 3.80. The van der Waals surface area contributed by atoms with E-state index in [-0.39, 0.29) is 23.2 Å². The number of nitrogens with zero attached hydrogens (tertiary/aromatic N) is 2. The molecule has 1 aliphatic heterocycles. The molecule has 1 fully saturated rings. The van der Waals surface area contributed by atoms with Crippen LogP contribution in [0.1, 0.15) is 12.8 Å². The summed E-state index contributed by atoms with van der Waals surface area (Å²) < 4.78 is 11.3. The van der Waals surface area contributed by atoms with Gasteiger partial charge in [0.25, 0.3) is 11.4 Å². The molecule has 0 saturated carbocycles. The Labute approximate surface area is 148 Å². The monoisotopic (exact) mass is 359 g/mol. The summed E-state index contributed by atoms with van der Waals surface area (Å²) in [6, 6.07) is 10.5.